The number of quaternary nitrogens is 1. The molecule has 1 aliphatic heterocycles. The van der Waals surface area contributed by atoms with E-state index < -0.39 is 0 Å². The van der Waals surface area contributed by atoms with Crippen LogP contribution in [0, 0.1) is 13.8 Å². The van der Waals surface area contributed by atoms with Crippen molar-refractivity contribution in [1.82, 2.24) is 4.98 Å². The van der Waals surface area contributed by atoms with Crippen molar-refractivity contribution >= 4 is 22.2 Å². The van der Waals surface area contributed by atoms with Crippen LogP contribution in [0.5, 0.6) is 0 Å². The fourth-order valence-electron chi connectivity index (χ4n) is 3.93. The molecule has 4 rings (SSSR count). The van der Waals surface area contributed by atoms with Crippen LogP contribution in [0.25, 0.3) is 0 Å². The van der Waals surface area contributed by atoms with Gasteiger partial charge in [-0.25, -0.2) is 0 Å². The number of nitrogens with zero attached hydrogens (tertiary/aromatic N) is 1. The predicted molar refractivity (Wildman–Crippen MR) is 116 cm³/mol. The Morgan fingerprint density at radius 2 is 1.79 bits per heavy atom. The Hall–Kier alpha value is -2.54. The molecule has 0 spiro atoms. The highest BCUT2D eigenvalue weighted by molar-refractivity contribution is 7.16. The van der Waals surface area contributed by atoms with E-state index in [2.05, 4.69) is 36.3 Å². The first-order valence-corrected chi connectivity index (χ1v) is 10.8. The monoisotopic (exact) mass is 408 g/mol. The normalized spacial score (nSPS) is 15.8. The molecule has 1 amide bonds. The van der Waals surface area contributed by atoms with E-state index in [0.29, 0.717) is 5.56 Å². The van der Waals surface area contributed by atoms with E-state index in [1.54, 1.807) is 11.3 Å². The molecule has 0 radical (unpaired) electrons. The number of morpholine rings is 1. The molecule has 3 aromatic rings. The molecule has 2 aromatic heterocycles. The number of hydrogen-bond acceptors (Lipinski definition) is 4. The van der Waals surface area contributed by atoms with Gasteiger partial charge in [-0.05, 0) is 43.7 Å². The van der Waals surface area contributed by atoms with Crippen LogP contribution in [-0.2, 0) is 4.74 Å². The van der Waals surface area contributed by atoms with Crippen LogP contribution in [0.2, 0.25) is 0 Å². The lowest BCUT2D eigenvalue weighted by molar-refractivity contribution is -0.933. The number of nitrogens with one attached hydrogen (secondary N) is 2. The molecule has 0 bridgehead atoms. The number of hydrogen-bond donors (Lipinski definition) is 2. The number of benzene rings is 1. The molecular formula is C23H26N3O2S+. The fourth-order valence-corrected chi connectivity index (χ4v) is 5.03. The average Bonchev–Trinajstić information content (AvgIpc) is 3.04. The van der Waals surface area contributed by atoms with Gasteiger partial charge in [0.2, 0.25) is 0 Å². The maximum absolute atomic E-state index is 12.9. The quantitative estimate of drug-likeness (QED) is 0.682. The Balaban J connectivity index is 1.75. The molecule has 6 heteroatoms. The number of ether oxygens (including phenoxy) is 1. The van der Waals surface area contributed by atoms with Crippen molar-refractivity contribution in [3.63, 3.8) is 0 Å². The zero-order valence-corrected chi connectivity index (χ0v) is 17.6. The Bertz CT molecular complexity index is 967. The molecule has 1 fully saturated rings. The number of aryl methyl sites for hydroxylation is 1. The number of amides is 1. The van der Waals surface area contributed by atoms with Gasteiger partial charge >= 0.3 is 0 Å². The van der Waals surface area contributed by atoms with Crippen LogP contribution in [0.1, 0.15) is 38.0 Å². The molecule has 0 saturated carbocycles. The first kappa shape index (κ1) is 19.8. The van der Waals surface area contributed by atoms with Gasteiger partial charge in [0, 0.05) is 28.4 Å². The van der Waals surface area contributed by atoms with Crippen molar-refractivity contribution in [2.75, 3.05) is 31.6 Å². The van der Waals surface area contributed by atoms with Crippen LogP contribution in [0.3, 0.4) is 0 Å². The molecule has 5 nitrogen and oxygen atoms in total. The largest absolute Gasteiger partial charge is 0.370 e. The minimum Gasteiger partial charge on any atom is -0.370 e. The first-order chi connectivity index (χ1) is 14.1. The maximum Gasteiger partial charge on any atom is 0.256 e. The maximum atomic E-state index is 12.9. The molecule has 29 heavy (non-hydrogen) atoms. The number of anilines is 1. The van der Waals surface area contributed by atoms with E-state index in [1.807, 2.05) is 42.7 Å². The van der Waals surface area contributed by atoms with Gasteiger partial charge in [-0.1, -0.05) is 18.2 Å². The Kier molecular flexibility index (Phi) is 6.04. The van der Waals surface area contributed by atoms with Crippen LogP contribution in [0.15, 0.2) is 54.9 Å². The summed E-state index contributed by atoms with van der Waals surface area (Å²) in [5.41, 5.74) is 4.34. The highest BCUT2D eigenvalue weighted by atomic mass is 32.1. The average molecular weight is 409 g/mol. The van der Waals surface area contributed by atoms with Crippen molar-refractivity contribution in [1.29, 1.82) is 0 Å². The van der Waals surface area contributed by atoms with Crippen LogP contribution in [0.4, 0.5) is 5.00 Å². The standard InChI is InChI=1S/C23H25N3O2S/c1-16-17(2)29-23(25-22(27)19-6-4-3-5-7-19)20(16)21(18-8-10-24-11-9-18)26-12-14-28-15-13-26/h3-11,21H,12-15H2,1-2H3,(H,25,27)/p+1/t21-/m1/s1. The second-order valence-corrected chi connectivity index (χ2v) is 8.56. The number of pyridine rings is 1. The number of rotatable bonds is 5. The summed E-state index contributed by atoms with van der Waals surface area (Å²) in [6, 6.07) is 13.7. The summed E-state index contributed by atoms with van der Waals surface area (Å²) in [5.74, 6) is -0.0708. The molecule has 0 aliphatic carbocycles. The number of carbonyl (C=O) groups excluding carboxylic acids is 1. The zero-order chi connectivity index (χ0) is 20.2. The van der Waals surface area contributed by atoms with Gasteiger partial charge in [0.25, 0.3) is 5.91 Å². The van der Waals surface area contributed by atoms with E-state index in [-0.39, 0.29) is 11.9 Å². The second-order valence-electron chi connectivity index (χ2n) is 7.33. The molecule has 3 heterocycles. The Morgan fingerprint density at radius 3 is 2.48 bits per heavy atom. The molecule has 1 aromatic carbocycles. The zero-order valence-electron chi connectivity index (χ0n) is 16.8. The van der Waals surface area contributed by atoms with Crippen LogP contribution < -0.4 is 10.2 Å². The van der Waals surface area contributed by atoms with Crippen LogP contribution >= 0.6 is 11.3 Å². The van der Waals surface area contributed by atoms with Gasteiger partial charge in [-0.3, -0.25) is 9.78 Å². The fraction of sp³-hybridized carbons (Fsp3) is 0.304. The van der Waals surface area contributed by atoms with Gasteiger partial charge in [0.15, 0.2) is 0 Å². The minimum absolute atomic E-state index is 0.0708. The van der Waals surface area contributed by atoms with Crippen molar-refractivity contribution in [3.05, 3.63) is 82.0 Å². The highest BCUT2D eigenvalue weighted by Crippen LogP contribution is 2.38. The van der Waals surface area contributed by atoms with Crippen LogP contribution in [-0.4, -0.2) is 37.2 Å². The molecule has 2 N–H and O–H groups in total. The minimum atomic E-state index is -0.0708. The third-order valence-corrected chi connectivity index (χ3v) is 6.70. The first-order valence-electron chi connectivity index (χ1n) is 9.93. The Morgan fingerprint density at radius 1 is 1.10 bits per heavy atom. The molecule has 1 atom stereocenters. The van der Waals surface area contributed by atoms with Gasteiger partial charge in [0.05, 0.1) is 18.8 Å². The smallest absolute Gasteiger partial charge is 0.256 e. The summed E-state index contributed by atoms with van der Waals surface area (Å²) in [6.07, 6.45) is 3.69. The van der Waals surface area contributed by atoms with E-state index in [0.717, 1.165) is 31.3 Å². The summed E-state index contributed by atoms with van der Waals surface area (Å²) >= 11 is 1.66. The third-order valence-electron chi connectivity index (χ3n) is 5.57. The van der Waals surface area contributed by atoms with E-state index in [9.17, 15) is 4.79 Å². The highest BCUT2D eigenvalue weighted by Gasteiger charge is 2.33. The summed E-state index contributed by atoms with van der Waals surface area (Å²) in [4.78, 5) is 19.8. The van der Waals surface area contributed by atoms with E-state index >= 15 is 0 Å². The molecule has 1 saturated heterocycles. The topological polar surface area (TPSA) is 55.7 Å². The van der Waals surface area contributed by atoms with Crippen molar-refractivity contribution in [3.8, 4) is 0 Å². The SMILES string of the molecule is Cc1sc(NC(=O)c2ccccc2)c([C@@H](c2ccncc2)[NH+]2CCOCC2)c1C. The molecule has 1 aliphatic rings. The number of thiophene rings is 1. The second kappa shape index (κ2) is 8.86. The third kappa shape index (κ3) is 4.24. The Labute approximate surface area is 175 Å². The number of aromatic nitrogens is 1. The van der Waals surface area contributed by atoms with Crippen molar-refractivity contribution < 1.29 is 14.4 Å². The van der Waals surface area contributed by atoms with Gasteiger partial charge < -0.3 is 15.0 Å². The lowest BCUT2D eigenvalue weighted by Gasteiger charge is -2.32. The van der Waals surface area contributed by atoms with Gasteiger partial charge in [0.1, 0.15) is 24.1 Å². The summed E-state index contributed by atoms with van der Waals surface area (Å²) in [6.45, 7) is 7.67. The lowest BCUT2D eigenvalue weighted by Crippen LogP contribution is -3.14. The van der Waals surface area contributed by atoms with Crippen molar-refractivity contribution in [2.45, 2.75) is 19.9 Å². The summed E-state index contributed by atoms with van der Waals surface area (Å²) in [7, 11) is 0. The summed E-state index contributed by atoms with van der Waals surface area (Å²) < 4.78 is 5.61. The van der Waals surface area contributed by atoms with E-state index in [1.165, 1.54) is 26.5 Å². The number of carbonyl (C=O) groups is 1. The molecular weight excluding hydrogens is 382 g/mol. The molecule has 150 valence electrons. The van der Waals surface area contributed by atoms with Gasteiger partial charge in [-0.2, -0.15) is 0 Å². The van der Waals surface area contributed by atoms with Crippen molar-refractivity contribution in [2.24, 2.45) is 0 Å². The van der Waals surface area contributed by atoms with Gasteiger partial charge in [-0.15, -0.1) is 11.3 Å². The van der Waals surface area contributed by atoms with E-state index in [4.69, 9.17) is 4.74 Å². The predicted octanol–water partition coefficient (Wildman–Crippen LogP) is 3.02. The lowest BCUT2D eigenvalue weighted by atomic mass is 9.95. The molecule has 0 unspecified atom stereocenters. The summed E-state index contributed by atoms with van der Waals surface area (Å²) in [5, 5.41) is 4.14.